The predicted molar refractivity (Wildman–Crippen MR) is 92.1 cm³/mol. The van der Waals surface area contributed by atoms with E-state index in [1.54, 1.807) is 13.1 Å². The van der Waals surface area contributed by atoms with Crippen LogP contribution in [0.5, 0.6) is 0 Å². The first kappa shape index (κ1) is 18.5. The molecule has 3 heterocycles. The van der Waals surface area contributed by atoms with Gasteiger partial charge in [-0.15, -0.1) is 5.10 Å². The van der Waals surface area contributed by atoms with Gasteiger partial charge in [0.15, 0.2) is 11.4 Å². The van der Waals surface area contributed by atoms with E-state index in [-0.39, 0.29) is 29.0 Å². The molecule has 0 fully saturated rings. The van der Waals surface area contributed by atoms with Crippen LogP contribution in [0.2, 0.25) is 0 Å². The van der Waals surface area contributed by atoms with Crippen molar-refractivity contribution in [3.05, 3.63) is 28.9 Å². The largest absolute Gasteiger partial charge is 0.351 e. The van der Waals surface area contributed by atoms with Gasteiger partial charge < -0.3 is 20.1 Å². The SMILES string of the molecule is CCc1cc(C(=O)N(C)CCCNC(=O)c2nnn3c2C(=O)NCC3)on1. The van der Waals surface area contributed by atoms with Crippen LogP contribution in [0, 0.1) is 0 Å². The molecule has 2 aromatic heterocycles. The van der Waals surface area contributed by atoms with E-state index in [9.17, 15) is 14.4 Å². The van der Waals surface area contributed by atoms with Crippen LogP contribution in [0.25, 0.3) is 0 Å². The lowest BCUT2D eigenvalue weighted by atomic mass is 10.2. The minimum Gasteiger partial charge on any atom is -0.351 e. The Hall–Kier alpha value is -3.24. The second-order valence-electron chi connectivity index (χ2n) is 6.14. The molecular weight excluding hydrogens is 354 g/mol. The van der Waals surface area contributed by atoms with Gasteiger partial charge in [-0.25, -0.2) is 4.68 Å². The number of hydrogen-bond donors (Lipinski definition) is 2. The Bertz CT molecular complexity index is 857. The lowest BCUT2D eigenvalue weighted by Crippen LogP contribution is -2.38. The normalized spacial score (nSPS) is 13.0. The van der Waals surface area contributed by atoms with Gasteiger partial charge in [-0.05, 0) is 12.8 Å². The molecule has 1 aliphatic heterocycles. The van der Waals surface area contributed by atoms with Crippen molar-refractivity contribution in [3.63, 3.8) is 0 Å². The van der Waals surface area contributed by atoms with Gasteiger partial charge >= 0.3 is 0 Å². The van der Waals surface area contributed by atoms with Gasteiger partial charge in [0.1, 0.15) is 0 Å². The fraction of sp³-hybridized carbons (Fsp3) is 0.500. The maximum Gasteiger partial charge on any atom is 0.292 e. The number of aryl methyl sites for hydroxylation is 1. The number of rotatable bonds is 7. The maximum atomic E-state index is 12.2. The number of nitrogens with zero attached hydrogens (tertiary/aromatic N) is 5. The molecule has 0 unspecified atom stereocenters. The second-order valence-corrected chi connectivity index (χ2v) is 6.14. The predicted octanol–water partition coefficient (Wildman–Crippen LogP) is -0.536. The number of nitrogens with one attached hydrogen (secondary N) is 2. The molecule has 0 aliphatic carbocycles. The lowest BCUT2D eigenvalue weighted by molar-refractivity contribution is 0.0751. The van der Waals surface area contributed by atoms with Crippen LogP contribution in [-0.4, -0.2) is 69.5 Å². The topological polar surface area (TPSA) is 135 Å². The first-order valence-corrected chi connectivity index (χ1v) is 8.72. The summed E-state index contributed by atoms with van der Waals surface area (Å²) in [6.07, 6.45) is 1.22. The van der Waals surface area contributed by atoms with E-state index < -0.39 is 5.91 Å². The van der Waals surface area contributed by atoms with E-state index in [0.29, 0.717) is 39.0 Å². The molecule has 3 rings (SSSR count). The summed E-state index contributed by atoms with van der Waals surface area (Å²) in [7, 11) is 1.65. The maximum absolute atomic E-state index is 12.2. The number of carbonyl (C=O) groups is 3. The molecule has 2 N–H and O–H groups in total. The van der Waals surface area contributed by atoms with E-state index in [1.807, 2.05) is 6.92 Å². The van der Waals surface area contributed by atoms with Crippen molar-refractivity contribution in [1.29, 1.82) is 0 Å². The van der Waals surface area contributed by atoms with Crippen LogP contribution in [-0.2, 0) is 13.0 Å². The van der Waals surface area contributed by atoms with E-state index in [4.69, 9.17) is 4.52 Å². The van der Waals surface area contributed by atoms with Crippen molar-refractivity contribution >= 4 is 17.7 Å². The molecule has 0 radical (unpaired) electrons. The van der Waals surface area contributed by atoms with Gasteiger partial charge in [-0.1, -0.05) is 17.3 Å². The number of amides is 3. The zero-order chi connectivity index (χ0) is 19.4. The minimum absolute atomic E-state index is 0.00499. The van der Waals surface area contributed by atoms with Gasteiger partial charge in [0, 0.05) is 32.7 Å². The first-order valence-electron chi connectivity index (χ1n) is 8.72. The average molecular weight is 375 g/mol. The summed E-state index contributed by atoms with van der Waals surface area (Å²) in [6.45, 7) is 3.61. The molecule has 2 aromatic rings. The smallest absolute Gasteiger partial charge is 0.292 e. The van der Waals surface area contributed by atoms with Gasteiger partial charge in [0.25, 0.3) is 17.7 Å². The van der Waals surface area contributed by atoms with Crippen LogP contribution in [0.1, 0.15) is 50.6 Å². The minimum atomic E-state index is -0.467. The van der Waals surface area contributed by atoms with E-state index in [1.165, 1.54) is 9.58 Å². The summed E-state index contributed by atoms with van der Waals surface area (Å²) in [5.74, 6) is -0.900. The third kappa shape index (κ3) is 3.96. The van der Waals surface area contributed by atoms with E-state index >= 15 is 0 Å². The zero-order valence-corrected chi connectivity index (χ0v) is 15.2. The monoisotopic (exact) mass is 375 g/mol. The van der Waals surface area contributed by atoms with Gasteiger partial charge in [-0.2, -0.15) is 0 Å². The molecule has 3 amide bonds. The highest BCUT2D eigenvalue weighted by Crippen LogP contribution is 2.09. The van der Waals surface area contributed by atoms with Crippen molar-refractivity contribution in [1.82, 2.24) is 35.7 Å². The second kappa shape index (κ2) is 7.98. The number of hydrogen-bond acceptors (Lipinski definition) is 7. The van der Waals surface area contributed by atoms with Crippen LogP contribution in [0.4, 0.5) is 0 Å². The molecule has 0 saturated carbocycles. The van der Waals surface area contributed by atoms with Crippen LogP contribution in [0.3, 0.4) is 0 Å². The molecule has 0 aromatic carbocycles. The highest BCUT2D eigenvalue weighted by molar-refractivity contribution is 6.05. The fourth-order valence-electron chi connectivity index (χ4n) is 2.68. The summed E-state index contributed by atoms with van der Waals surface area (Å²) in [5, 5.41) is 16.8. The summed E-state index contributed by atoms with van der Waals surface area (Å²) in [5.41, 5.74) is 0.897. The lowest BCUT2D eigenvalue weighted by Gasteiger charge is -2.15. The standard InChI is InChI=1S/C16H21N7O4/c1-3-10-9-11(27-20-10)16(26)22(2)7-4-5-17-14(24)12-13-15(25)18-6-8-23(13)21-19-12/h9H,3-8H2,1-2H3,(H,17,24)(H,18,25). The van der Waals surface area contributed by atoms with Crippen LogP contribution < -0.4 is 10.6 Å². The summed E-state index contributed by atoms with van der Waals surface area (Å²) in [4.78, 5) is 37.8. The molecule has 0 saturated heterocycles. The van der Waals surface area contributed by atoms with Crippen molar-refractivity contribution in [2.24, 2.45) is 0 Å². The van der Waals surface area contributed by atoms with Crippen LogP contribution in [0.15, 0.2) is 10.6 Å². The molecule has 0 atom stereocenters. The molecule has 0 bridgehead atoms. The molecule has 144 valence electrons. The summed E-state index contributed by atoms with van der Waals surface area (Å²) in [6, 6.07) is 1.63. The van der Waals surface area contributed by atoms with Gasteiger partial charge in [0.05, 0.1) is 12.2 Å². The third-order valence-corrected chi connectivity index (χ3v) is 4.21. The average Bonchev–Trinajstić information content (AvgIpc) is 3.31. The Balaban J connectivity index is 1.47. The Morgan fingerprint density at radius 1 is 1.44 bits per heavy atom. The van der Waals surface area contributed by atoms with E-state index in [2.05, 4.69) is 26.1 Å². The quantitative estimate of drug-likeness (QED) is 0.621. The molecule has 27 heavy (non-hydrogen) atoms. The molecule has 1 aliphatic rings. The summed E-state index contributed by atoms with van der Waals surface area (Å²) >= 11 is 0. The van der Waals surface area contributed by atoms with Gasteiger partial charge in [0.2, 0.25) is 5.76 Å². The number of carbonyl (C=O) groups excluding carboxylic acids is 3. The van der Waals surface area contributed by atoms with Gasteiger partial charge in [-0.3, -0.25) is 14.4 Å². The van der Waals surface area contributed by atoms with Crippen molar-refractivity contribution in [2.45, 2.75) is 26.3 Å². The number of fused-ring (bicyclic) bond motifs is 1. The van der Waals surface area contributed by atoms with Crippen molar-refractivity contribution < 1.29 is 18.9 Å². The summed E-state index contributed by atoms with van der Waals surface area (Å²) < 4.78 is 6.45. The number of aromatic nitrogens is 4. The third-order valence-electron chi connectivity index (χ3n) is 4.21. The zero-order valence-electron chi connectivity index (χ0n) is 15.2. The molecule has 11 nitrogen and oxygen atoms in total. The Morgan fingerprint density at radius 3 is 3.00 bits per heavy atom. The fourth-order valence-corrected chi connectivity index (χ4v) is 2.68. The molecule has 0 spiro atoms. The Labute approximate surface area is 155 Å². The van der Waals surface area contributed by atoms with Crippen molar-refractivity contribution in [3.8, 4) is 0 Å². The molecule has 11 heteroatoms. The first-order chi connectivity index (χ1) is 13.0. The highest BCUT2D eigenvalue weighted by atomic mass is 16.5. The Morgan fingerprint density at radius 2 is 2.26 bits per heavy atom. The van der Waals surface area contributed by atoms with Crippen LogP contribution >= 0.6 is 0 Å². The highest BCUT2D eigenvalue weighted by Gasteiger charge is 2.27. The Kier molecular flexibility index (Phi) is 5.48. The molecular formula is C16H21N7O4. The van der Waals surface area contributed by atoms with Crippen molar-refractivity contribution in [2.75, 3.05) is 26.7 Å². The van der Waals surface area contributed by atoms with E-state index in [0.717, 1.165) is 5.69 Å².